The Morgan fingerprint density at radius 1 is 1.18 bits per heavy atom. The maximum absolute atomic E-state index is 14.5. The Morgan fingerprint density at radius 2 is 1.89 bits per heavy atom. The molecule has 3 rings (SSSR count). The van der Waals surface area contributed by atoms with Crippen molar-refractivity contribution < 1.29 is 31.7 Å². The molecule has 0 N–H and O–H groups in total. The molecule has 6 nitrogen and oxygen atoms in total. The number of aromatic nitrogens is 2. The summed E-state index contributed by atoms with van der Waals surface area (Å²) < 4.78 is 56.2. The van der Waals surface area contributed by atoms with Crippen molar-refractivity contribution in [3.8, 4) is 11.4 Å². The number of carbonyl (C=O) groups is 1. The Hall–Kier alpha value is -3.27. The molecule has 0 aliphatic heterocycles. The molecule has 0 saturated heterocycles. The van der Waals surface area contributed by atoms with E-state index in [0.29, 0.717) is 0 Å². The van der Waals surface area contributed by atoms with Gasteiger partial charge in [-0.2, -0.15) is 18.2 Å². The van der Waals surface area contributed by atoms with Crippen LogP contribution in [0.1, 0.15) is 21.8 Å². The van der Waals surface area contributed by atoms with Gasteiger partial charge in [0.25, 0.3) is 5.91 Å². The lowest BCUT2D eigenvalue weighted by Crippen LogP contribution is -2.30. The Labute approximate surface area is 156 Å². The number of hydroxylamine groups is 2. The van der Waals surface area contributed by atoms with Gasteiger partial charge in [0.15, 0.2) is 0 Å². The minimum atomic E-state index is -4.81. The maximum Gasteiger partial charge on any atom is 0.471 e. The summed E-state index contributed by atoms with van der Waals surface area (Å²) in [5.74, 6) is -3.70. The number of rotatable bonds is 5. The van der Waals surface area contributed by atoms with Crippen LogP contribution >= 0.6 is 0 Å². The first-order valence-corrected chi connectivity index (χ1v) is 7.90. The van der Waals surface area contributed by atoms with Gasteiger partial charge in [-0.1, -0.05) is 41.6 Å². The molecule has 0 bridgehead atoms. The smallest absolute Gasteiger partial charge is 0.329 e. The first-order valence-electron chi connectivity index (χ1n) is 7.90. The van der Waals surface area contributed by atoms with Crippen molar-refractivity contribution in [2.75, 3.05) is 7.11 Å². The van der Waals surface area contributed by atoms with E-state index in [4.69, 9.17) is 4.84 Å². The third-order valence-corrected chi connectivity index (χ3v) is 3.74. The van der Waals surface area contributed by atoms with Crippen molar-refractivity contribution in [3.63, 3.8) is 0 Å². The second-order valence-corrected chi connectivity index (χ2v) is 5.63. The molecule has 0 spiro atoms. The maximum atomic E-state index is 14.5. The number of hydrogen-bond acceptors (Lipinski definition) is 5. The second kappa shape index (κ2) is 7.77. The van der Waals surface area contributed by atoms with Gasteiger partial charge in [-0.3, -0.25) is 9.63 Å². The summed E-state index contributed by atoms with van der Waals surface area (Å²) in [6.45, 7) is 0.0805. The molecule has 1 amide bonds. The molecule has 0 saturated carbocycles. The summed E-state index contributed by atoms with van der Waals surface area (Å²) in [6, 6.07) is 12.1. The zero-order valence-electron chi connectivity index (χ0n) is 14.4. The van der Waals surface area contributed by atoms with Gasteiger partial charge in [0, 0.05) is 5.56 Å². The Kier molecular flexibility index (Phi) is 5.41. The summed E-state index contributed by atoms with van der Waals surface area (Å²) in [6.07, 6.45) is -4.81. The van der Waals surface area contributed by atoms with Gasteiger partial charge in [0.05, 0.1) is 19.2 Å². The van der Waals surface area contributed by atoms with Gasteiger partial charge in [0.2, 0.25) is 5.82 Å². The molecule has 146 valence electrons. The predicted octanol–water partition coefficient (Wildman–Crippen LogP) is 4.10. The molecule has 28 heavy (non-hydrogen) atoms. The molecule has 3 aromatic rings. The number of benzene rings is 2. The van der Waals surface area contributed by atoms with Gasteiger partial charge < -0.3 is 4.52 Å². The highest BCUT2D eigenvalue weighted by molar-refractivity contribution is 5.94. The molecule has 1 aromatic heterocycles. The van der Waals surface area contributed by atoms with Crippen LogP contribution in [-0.2, 0) is 17.6 Å². The van der Waals surface area contributed by atoms with E-state index in [-0.39, 0.29) is 17.7 Å². The van der Waals surface area contributed by atoms with Gasteiger partial charge in [-0.05, 0) is 17.7 Å². The molecule has 1 heterocycles. The van der Waals surface area contributed by atoms with Crippen LogP contribution < -0.4 is 0 Å². The van der Waals surface area contributed by atoms with Crippen LogP contribution in [0.15, 0.2) is 53.1 Å². The standard InChI is InChI=1S/C18H13F4N3O3/c1-27-25(10-11-5-3-2-4-6-11)16(26)13-8-7-12(9-14(13)19)15-23-17(28-24-15)18(20,21)22/h2-9H,10H2,1H3. The SMILES string of the molecule is CON(Cc1ccccc1)C(=O)c1ccc(-c2noc(C(F)(F)F)n2)cc1F. The van der Waals surface area contributed by atoms with Crippen LogP contribution in [0, 0.1) is 5.82 Å². The zero-order valence-corrected chi connectivity index (χ0v) is 14.4. The quantitative estimate of drug-likeness (QED) is 0.481. The Bertz CT molecular complexity index is 974. The minimum Gasteiger partial charge on any atom is -0.329 e. The Morgan fingerprint density at radius 3 is 2.46 bits per heavy atom. The third-order valence-electron chi connectivity index (χ3n) is 3.74. The van der Waals surface area contributed by atoms with Crippen molar-refractivity contribution >= 4 is 5.91 Å². The van der Waals surface area contributed by atoms with Crippen molar-refractivity contribution in [2.24, 2.45) is 0 Å². The van der Waals surface area contributed by atoms with Crippen molar-refractivity contribution in [1.82, 2.24) is 15.2 Å². The van der Waals surface area contributed by atoms with Gasteiger partial charge in [0.1, 0.15) is 5.82 Å². The van der Waals surface area contributed by atoms with Crippen LogP contribution in [0.4, 0.5) is 17.6 Å². The summed E-state index contributed by atoms with van der Waals surface area (Å²) >= 11 is 0. The lowest BCUT2D eigenvalue weighted by atomic mass is 10.1. The monoisotopic (exact) mass is 395 g/mol. The number of carbonyl (C=O) groups excluding carboxylic acids is 1. The fraction of sp³-hybridized carbons (Fsp3) is 0.167. The van der Waals surface area contributed by atoms with Crippen molar-refractivity contribution in [3.05, 3.63) is 71.4 Å². The molecular weight excluding hydrogens is 382 g/mol. The number of nitrogens with zero attached hydrogens (tertiary/aromatic N) is 3. The molecule has 0 aliphatic rings. The van der Waals surface area contributed by atoms with Gasteiger partial charge in [-0.15, -0.1) is 0 Å². The fourth-order valence-corrected chi connectivity index (χ4v) is 2.39. The molecule has 0 radical (unpaired) electrons. The van der Waals surface area contributed by atoms with Crippen LogP contribution in [0.5, 0.6) is 0 Å². The van der Waals surface area contributed by atoms with Crippen LogP contribution in [0.25, 0.3) is 11.4 Å². The molecule has 0 unspecified atom stereocenters. The predicted molar refractivity (Wildman–Crippen MR) is 88.0 cm³/mol. The van der Waals surface area contributed by atoms with E-state index in [1.54, 1.807) is 24.3 Å². The molecule has 0 aliphatic carbocycles. The third kappa shape index (κ3) is 4.17. The number of hydrogen-bond donors (Lipinski definition) is 0. The van der Waals surface area contributed by atoms with Crippen molar-refractivity contribution in [2.45, 2.75) is 12.7 Å². The summed E-state index contributed by atoms with van der Waals surface area (Å²) in [5, 5.41) is 4.14. The minimum absolute atomic E-state index is 0.0691. The Balaban J connectivity index is 1.83. The number of alkyl halides is 3. The highest BCUT2D eigenvalue weighted by Crippen LogP contribution is 2.29. The molecular formula is C18H13F4N3O3. The number of amides is 1. The summed E-state index contributed by atoms with van der Waals surface area (Å²) in [5.41, 5.74) is 0.377. The molecule has 10 heteroatoms. The van der Waals surface area contributed by atoms with Gasteiger partial charge >= 0.3 is 12.1 Å². The lowest BCUT2D eigenvalue weighted by molar-refractivity contribution is -0.159. The van der Waals surface area contributed by atoms with E-state index in [0.717, 1.165) is 22.8 Å². The van der Waals surface area contributed by atoms with E-state index >= 15 is 0 Å². The topological polar surface area (TPSA) is 68.5 Å². The fourth-order valence-electron chi connectivity index (χ4n) is 2.39. The van der Waals surface area contributed by atoms with E-state index in [9.17, 15) is 22.4 Å². The average molecular weight is 395 g/mol. The normalized spacial score (nSPS) is 11.5. The summed E-state index contributed by atoms with van der Waals surface area (Å²) in [7, 11) is 1.27. The highest BCUT2D eigenvalue weighted by Gasteiger charge is 2.38. The van der Waals surface area contributed by atoms with Crippen LogP contribution in [0.3, 0.4) is 0 Å². The van der Waals surface area contributed by atoms with E-state index in [1.807, 2.05) is 6.07 Å². The molecule has 0 atom stereocenters. The van der Waals surface area contributed by atoms with E-state index in [2.05, 4.69) is 14.7 Å². The first-order chi connectivity index (χ1) is 13.3. The van der Waals surface area contributed by atoms with E-state index < -0.39 is 29.6 Å². The van der Waals surface area contributed by atoms with E-state index in [1.165, 1.54) is 13.2 Å². The average Bonchev–Trinajstić information content (AvgIpc) is 3.17. The zero-order chi connectivity index (χ0) is 20.3. The molecule has 0 fully saturated rings. The second-order valence-electron chi connectivity index (χ2n) is 5.63. The van der Waals surface area contributed by atoms with Crippen molar-refractivity contribution in [1.29, 1.82) is 0 Å². The lowest BCUT2D eigenvalue weighted by Gasteiger charge is -2.20. The number of halogens is 4. The molecule has 2 aromatic carbocycles. The van der Waals surface area contributed by atoms with Crippen LogP contribution in [-0.4, -0.2) is 28.2 Å². The highest BCUT2D eigenvalue weighted by atomic mass is 19.4. The van der Waals surface area contributed by atoms with Crippen LogP contribution in [0.2, 0.25) is 0 Å². The largest absolute Gasteiger partial charge is 0.471 e. The van der Waals surface area contributed by atoms with Gasteiger partial charge in [-0.25, -0.2) is 9.45 Å². The summed E-state index contributed by atoms with van der Waals surface area (Å²) in [4.78, 5) is 20.8. The first kappa shape index (κ1) is 19.5.